The molecule has 2 rings (SSSR count). The Hall–Kier alpha value is -0.580. The van der Waals surface area contributed by atoms with Gasteiger partial charge in [0.05, 0.1) is 13.2 Å². The molecule has 1 aliphatic rings. The SMILES string of the molecule is CCC1OCCC1C(NC)c1cc(Br)ccc1OC. The van der Waals surface area contributed by atoms with E-state index in [2.05, 4.69) is 34.2 Å². The lowest BCUT2D eigenvalue weighted by Gasteiger charge is -2.28. The summed E-state index contributed by atoms with van der Waals surface area (Å²) in [4.78, 5) is 0. The van der Waals surface area contributed by atoms with Gasteiger partial charge >= 0.3 is 0 Å². The van der Waals surface area contributed by atoms with Crippen LogP contribution in [0, 0.1) is 5.92 Å². The summed E-state index contributed by atoms with van der Waals surface area (Å²) in [5, 5.41) is 3.45. The lowest BCUT2D eigenvalue weighted by molar-refractivity contribution is 0.0780. The Labute approximate surface area is 123 Å². The van der Waals surface area contributed by atoms with Crippen molar-refractivity contribution in [1.29, 1.82) is 0 Å². The maximum Gasteiger partial charge on any atom is 0.123 e. The molecule has 106 valence electrons. The van der Waals surface area contributed by atoms with Crippen LogP contribution in [-0.2, 0) is 4.74 Å². The molecule has 0 aromatic heterocycles. The average Bonchev–Trinajstić information content (AvgIpc) is 2.88. The van der Waals surface area contributed by atoms with Crippen LogP contribution < -0.4 is 10.1 Å². The van der Waals surface area contributed by atoms with Crippen molar-refractivity contribution in [3.63, 3.8) is 0 Å². The fraction of sp³-hybridized carbons (Fsp3) is 0.600. The summed E-state index contributed by atoms with van der Waals surface area (Å²) in [5.74, 6) is 1.43. The Morgan fingerprint density at radius 2 is 2.32 bits per heavy atom. The number of nitrogens with one attached hydrogen (secondary N) is 1. The van der Waals surface area contributed by atoms with E-state index >= 15 is 0 Å². The molecular weight excluding hydrogens is 306 g/mol. The largest absolute Gasteiger partial charge is 0.496 e. The molecule has 3 nitrogen and oxygen atoms in total. The van der Waals surface area contributed by atoms with E-state index in [1.807, 2.05) is 19.2 Å². The second-order valence-electron chi connectivity index (χ2n) is 4.92. The first kappa shape index (κ1) is 14.8. The standard InChI is InChI=1S/C15H22BrNO2/c1-4-13-11(7-8-19-13)15(17-2)12-9-10(16)5-6-14(12)18-3/h5-6,9,11,13,15,17H,4,7-8H2,1-3H3. The molecule has 19 heavy (non-hydrogen) atoms. The first-order valence-electron chi connectivity index (χ1n) is 6.83. The average molecular weight is 328 g/mol. The van der Waals surface area contributed by atoms with Crippen LogP contribution in [0.4, 0.5) is 0 Å². The molecule has 1 aromatic carbocycles. The van der Waals surface area contributed by atoms with Crippen LogP contribution in [0.2, 0.25) is 0 Å². The fourth-order valence-electron chi connectivity index (χ4n) is 3.02. The summed E-state index contributed by atoms with van der Waals surface area (Å²) < 4.78 is 12.4. The van der Waals surface area contributed by atoms with Crippen LogP contribution in [0.25, 0.3) is 0 Å². The molecule has 1 heterocycles. The molecule has 1 aromatic rings. The van der Waals surface area contributed by atoms with E-state index in [1.165, 1.54) is 5.56 Å². The summed E-state index contributed by atoms with van der Waals surface area (Å²) in [6, 6.07) is 6.43. The molecule has 1 aliphatic heterocycles. The normalized spacial score (nSPS) is 24.4. The third kappa shape index (κ3) is 3.12. The van der Waals surface area contributed by atoms with Crippen molar-refractivity contribution in [3.8, 4) is 5.75 Å². The molecule has 3 unspecified atom stereocenters. The highest BCUT2D eigenvalue weighted by atomic mass is 79.9. The van der Waals surface area contributed by atoms with Gasteiger partial charge in [0.2, 0.25) is 0 Å². The lowest BCUT2D eigenvalue weighted by Crippen LogP contribution is -2.31. The van der Waals surface area contributed by atoms with Crippen LogP contribution in [0.3, 0.4) is 0 Å². The quantitative estimate of drug-likeness (QED) is 0.897. The van der Waals surface area contributed by atoms with Crippen molar-refractivity contribution in [2.24, 2.45) is 5.92 Å². The summed E-state index contributed by atoms with van der Waals surface area (Å²) >= 11 is 3.55. The van der Waals surface area contributed by atoms with Gasteiger partial charge in [-0.05, 0) is 38.1 Å². The van der Waals surface area contributed by atoms with Gasteiger partial charge < -0.3 is 14.8 Å². The minimum absolute atomic E-state index is 0.264. The number of ether oxygens (including phenoxy) is 2. The summed E-state index contributed by atoms with van der Waals surface area (Å²) in [6.45, 7) is 3.05. The van der Waals surface area contributed by atoms with Crippen molar-refractivity contribution in [2.75, 3.05) is 20.8 Å². The number of hydrogen-bond acceptors (Lipinski definition) is 3. The monoisotopic (exact) mass is 327 g/mol. The highest BCUT2D eigenvalue weighted by molar-refractivity contribution is 9.10. The molecule has 0 saturated carbocycles. The number of rotatable bonds is 5. The summed E-state index contributed by atoms with van der Waals surface area (Å²) in [6.07, 6.45) is 2.49. The maximum atomic E-state index is 5.83. The molecule has 4 heteroatoms. The van der Waals surface area contributed by atoms with Crippen molar-refractivity contribution < 1.29 is 9.47 Å². The first-order valence-corrected chi connectivity index (χ1v) is 7.62. The lowest BCUT2D eigenvalue weighted by atomic mass is 9.86. The molecule has 0 aliphatic carbocycles. The highest BCUT2D eigenvalue weighted by Gasteiger charge is 2.35. The van der Waals surface area contributed by atoms with Crippen molar-refractivity contribution in [3.05, 3.63) is 28.2 Å². The molecule has 3 atom stereocenters. The van der Waals surface area contributed by atoms with Crippen LogP contribution in [-0.4, -0.2) is 26.9 Å². The van der Waals surface area contributed by atoms with Gasteiger partial charge in [-0.15, -0.1) is 0 Å². The van der Waals surface area contributed by atoms with Crippen LogP contribution in [0.15, 0.2) is 22.7 Å². The van der Waals surface area contributed by atoms with Crippen LogP contribution in [0.5, 0.6) is 5.75 Å². The Balaban J connectivity index is 2.33. The van der Waals surface area contributed by atoms with Gasteiger partial charge in [0, 0.05) is 28.6 Å². The third-order valence-electron chi connectivity index (χ3n) is 3.93. The molecule has 1 saturated heterocycles. The summed E-state index contributed by atoms with van der Waals surface area (Å²) in [7, 11) is 3.73. The van der Waals surface area contributed by atoms with Gasteiger partial charge in [-0.1, -0.05) is 22.9 Å². The zero-order chi connectivity index (χ0) is 13.8. The van der Waals surface area contributed by atoms with E-state index in [0.717, 1.165) is 29.7 Å². The van der Waals surface area contributed by atoms with E-state index in [1.54, 1.807) is 7.11 Å². The predicted octanol–water partition coefficient (Wildman–Crippen LogP) is 3.53. The summed E-state index contributed by atoms with van der Waals surface area (Å²) in [5.41, 5.74) is 1.20. The fourth-order valence-corrected chi connectivity index (χ4v) is 3.39. The Bertz CT molecular complexity index is 425. The minimum atomic E-state index is 0.264. The Kier molecular flexibility index (Phi) is 5.25. The van der Waals surface area contributed by atoms with E-state index in [0.29, 0.717) is 12.0 Å². The first-order chi connectivity index (χ1) is 9.21. The number of hydrogen-bond donors (Lipinski definition) is 1. The van der Waals surface area contributed by atoms with Crippen molar-refractivity contribution >= 4 is 15.9 Å². The van der Waals surface area contributed by atoms with Crippen LogP contribution in [0.1, 0.15) is 31.4 Å². The van der Waals surface area contributed by atoms with Gasteiger partial charge in [0.25, 0.3) is 0 Å². The molecule has 1 N–H and O–H groups in total. The van der Waals surface area contributed by atoms with E-state index in [-0.39, 0.29) is 6.04 Å². The van der Waals surface area contributed by atoms with Gasteiger partial charge in [0.15, 0.2) is 0 Å². The Morgan fingerprint density at radius 3 is 2.95 bits per heavy atom. The molecule has 0 amide bonds. The smallest absolute Gasteiger partial charge is 0.123 e. The van der Waals surface area contributed by atoms with Crippen molar-refractivity contribution in [1.82, 2.24) is 5.32 Å². The van der Waals surface area contributed by atoms with Crippen molar-refractivity contribution in [2.45, 2.75) is 31.9 Å². The van der Waals surface area contributed by atoms with Gasteiger partial charge in [-0.2, -0.15) is 0 Å². The number of methoxy groups -OCH3 is 1. The Morgan fingerprint density at radius 1 is 1.53 bits per heavy atom. The topological polar surface area (TPSA) is 30.5 Å². The number of benzene rings is 1. The molecule has 0 bridgehead atoms. The zero-order valence-electron chi connectivity index (χ0n) is 11.8. The molecular formula is C15H22BrNO2. The second kappa shape index (κ2) is 6.73. The minimum Gasteiger partial charge on any atom is -0.496 e. The van der Waals surface area contributed by atoms with Gasteiger partial charge in [-0.3, -0.25) is 0 Å². The van der Waals surface area contributed by atoms with E-state index in [9.17, 15) is 0 Å². The third-order valence-corrected chi connectivity index (χ3v) is 4.42. The predicted molar refractivity (Wildman–Crippen MR) is 80.6 cm³/mol. The van der Waals surface area contributed by atoms with Crippen LogP contribution >= 0.6 is 15.9 Å². The van der Waals surface area contributed by atoms with E-state index in [4.69, 9.17) is 9.47 Å². The number of halogens is 1. The van der Waals surface area contributed by atoms with E-state index < -0.39 is 0 Å². The van der Waals surface area contributed by atoms with Gasteiger partial charge in [0.1, 0.15) is 5.75 Å². The second-order valence-corrected chi connectivity index (χ2v) is 5.84. The van der Waals surface area contributed by atoms with Gasteiger partial charge in [-0.25, -0.2) is 0 Å². The molecule has 0 radical (unpaired) electrons. The zero-order valence-corrected chi connectivity index (χ0v) is 13.4. The highest BCUT2D eigenvalue weighted by Crippen LogP contribution is 2.39. The maximum absolute atomic E-state index is 5.83. The molecule has 1 fully saturated rings. The molecule has 0 spiro atoms.